The number of aliphatic hydroxyl groups is 1. The van der Waals surface area contributed by atoms with E-state index in [4.69, 9.17) is 7.85 Å². The molecule has 30 heavy (non-hydrogen) atoms. The zero-order valence-electron chi connectivity index (χ0n) is 18.7. The number of hydrogen-bond acceptors (Lipinski definition) is 3. The van der Waals surface area contributed by atoms with Crippen molar-refractivity contribution in [3.8, 4) is 0 Å². The largest absolute Gasteiger partial charge is 0.395 e. The van der Waals surface area contributed by atoms with Crippen molar-refractivity contribution in [3.63, 3.8) is 0 Å². The summed E-state index contributed by atoms with van der Waals surface area (Å²) in [6.45, 7) is 9.57. The summed E-state index contributed by atoms with van der Waals surface area (Å²) in [5.74, 6) is 1.33. The van der Waals surface area contributed by atoms with Crippen molar-refractivity contribution in [3.05, 3.63) is 47.8 Å². The van der Waals surface area contributed by atoms with Crippen molar-refractivity contribution in [2.75, 3.05) is 31.6 Å². The molecule has 162 valence electrons. The number of fused-ring (bicyclic) bond motifs is 1. The highest BCUT2D eigenvalue weighted by molar-refractivity contribution is 6.32. The van der Waals surface area contributed by atoms with Crippen molar-refractivity contribution < 1.29 is 9.50 Å². The third-order valence-electron chi connectivity index (χ3n) is 6.95. The maximum atomic E-state index is 14.7. The first-order valence-electron chi connectivity index (χ1n) is 11.5. The summed E-state index contributed by atoms with van der Waals surface area (Å²) in [4.78, 5) is 2.31. The van der Waals surface area contributed by atoms with E-state index in [-0.39, 0.29) is 24.4 Å². The summed E-state index contributed by atoms with van der Waals surface area (Å²) in [5, 5.41) is 12.8. The Labute approximate surface area is 182 Å². The second-order valence-corrected chi connectivity index (χ2v) is 9.10. The molecule has 1 aromatic rings. The molecule has 5 heteroatoms. The minimum absolute atomic E-state index is 0.206. The number of aliphatic hydroxyl groups excluding tert-OH is 1. The Morgan fingerprint density at radius 1 is 1.33 bits per heavy atom. The first-order valence-corrected chi connectivity index (χ1v) is 11.5. The van der Waals surface area contributed by atoms with Gasteiger partial charge in [-0.3, -0.25) is 0 Å². The van der Waals surface area contributed by atoms with Crippen molar-refractivity contribution >= 4 is 19.0 Å². The molecule has 3 nitrogen and oxygen atoms in total. The fourth-order valence-corrected chi connectivity index (χ4v) is 5.23. The lowest BCUT2D eigenvalue weighted by atomic mass is 9.69. The van der Waals surface area contributed by atoms with E-state index in [2.05, 4.69) is 55.3 Å². The molecule has 2 aliphatic rings. The zero-order chi connectivity index (χ0) is 21.7. The number of halogens is 1. The quantitative estimate of drug-likeness (QED) is 0.605. The Balaban J connectivity index is 1.78. The maximum Gasteiger partial charge on any atom is 0.145 e. The van der Waals surface area contributed by atoms with Crippen LogP contribution in [0.15, 0.2) is 36.4 Å². The molecule has 0 fully saturated rings. The Hall–Kier alpha value is -1.59. The lowest BCUT2D eigenvalue weighted by molar-refractivity contribution is 0.176. The minimum atomic E-state index is -0.244. The van der Waals surface area contributed by atoms with E-state index in [1.807, 2.05) is 6.07 Å². The second kappa shape index (κ2) is 10.6. The summed E-state index contributed by atoms with van der Waals surface area (Å²) >= 11 is 0. The highest BCUT2D eigenvalue weighted by Crippen LogP contribution is 2.44. The lowest BCUT2D eigenvalue weighted by Crippen LogP contribution is -2.43. The van der Waals surface area contributed by atoms with Crippen molar-refractivity contribution in [2.24, 2.45) is 17.8 Å². The summed E-state index contributed by atoms with van der Waals surface area (Å²) in [6.07, 6.45) is 11.9. The molecule has 0 saturated heterocycles. The van der Waals surface area contributed by atoms with Gasteiger partial charge in [-0.1, -0.05) is 56.6 Å². The minimum Gasteiger partial charge on any atom is -0.395 e. The molecule has 0 saturated carbocycles. The van der Waals surface area contributed by atoms with E-state index in [9.17, 15) is 9.50 Å². The van der Waals surface area contributed by atoms with Crippen LogP contribution in [0.1, 0.15) is 51.5 Å². The molecule has 2 N–H and O–H groups in total. The SMILES string of the molecule is [B]c1cc(F)c2c(c1)[C@@H](C)[C@@H](CC[C@@H](C)CN(CC)CCO)[C@H](C1C=CC=CC1)N2. The topological polar surface area (TPSA) is 35.5 Å². The summed E-state index contributed by atoms with van der Waals surface area (Å²) in [5.41, 5.74) is 2.13. The van der Waals surface area contributed by atoms with Gasteiger partial charge in [-0.2, -0.15) is 0 Å². The molecule has 1 aliphatic heterocycles. The van der Waals surface area contributed by atoms with Crippen molar-refractivity contribution in [1.29, 1.82) is 0 Å². The summed E-state index contributed by atoms with van der Waals surface area (Å²) in [7, 11) is 5.97. The van der Waals surface area contributed by atoms with Crippen molar-refractivity contribution in [1.82, 2.24) is 4.90 Å². The van der Waals surface area contributed by atoms with E-state index in [1.165, 1.54) is 6.07 Å². The Morgan fingerprint density at radius 2 is 2.13 bits per heavy atom. The van der Waals surface area contributed by atoms with E-state index in [1.54, 1.807) is 0 Å². The molecule has 1 aromatic carbocycles. The number of benzene rings is 1. The first kappa shape index (κ1) is 23.1. The average Bonchev–Trinajstić information content (AvgIpc) is 2.73. The van der Waals surface area contributed by atoms with Gasteiger partial charge in [-0.15, -0.1) is 0 Å². The predicted molar refractivity (Wildman–Crippen MR) is 125 cm³/mol. The fourth-order valence-electron chi connectivity index (χ4n) is 5.23. The standard InChI is InChI=1S/C25H36BFN2O/c1-4-29(12-13-30)16-17(2)10-11-21-18(3)22-14-20(26)15-23(27)25(22)28-24(21)19-8-6-5-7-9-19/h5-8,14-15,17-19,21,24,28,30H,4,9-13,16H2,1-3H3/t17-,18+,19?,21-,24+/m1/s1. The predicted octanol–water partition coefficient (Wildman–Crippen LogP) is 4.00. The van der Waals surface area contributed by atoms with Crippen LogP contribution in [0.5, 0.6) is 0 Å². The molecule has 1 unspecified atom stereocenters. The Morgan fingerprint density at radius 3 is 2.80 bits per heavy atom. The Kier molecular flexibility index (Phi) is 8.18. The first-order chi connectivity index (χ1) is 14.4. The van der Waals surface area contributed by atoms with Gasteiger partial charge in [0.05, 0.1) is 12.3 Å². The molecule has 0 aromatic heterocycles. The zero-order valence-corrected chi connectivity index (χ0v) is 18.7. The third-order valence-corrected chi connectivity index (χ3v) is 6.95. The Bertz CT molecular complexity index is 766. The number of nitrogens with zero attached hydrogens (tertiary/aromatic N) is 1. The molecule has 0 bridgehead atoms. The molecule has 1 heterocycles. The molecule has 2 radical (unpaired) electrons. The molecule has 1 aliphatic carbocycles. The molecule has 5 atom stereocenters. The van der Waals surface area contributed by atoms with Gasteiger partial charge in [0.2, 0.25) is 0 Å². The molecular formula is C25H36BFN2O. The monoisotopic (exact) mass is 410 g/mol. The van der Waals surface area contributed by atoms with Crippen LogP contribution in [-0.2, 0) is 0 Å². The second-order valence-electron chi connectivity index (χ2n) is 9.10. The van der Waals surface area contributed by atoms with Gasteiger partial charge >= 0.3 is 0 Å². The lowest BCUT2D eigenvalue weighted by Gasteiger charge is -2.43. The van der Waals surface area contributed by atoms with Crippen LogP contribution in [-0.4, -0.2) is 50.1 Å². The van der Waals surface area contributed by atoms with Crippen LogP contribution in [0, 0.1) is 23.6 Å². The summed E-state index contributed by atoms with van der Waals surface area (Å²) in [6, 6.07) is 3.58. The van der Waals surface area contributed by atoms with Crippen molar-refractivity contribution in [2.45, 2.75) is 52.0 Å². The smallest absolute Gasteiger partial charge is 0.145 e. The number of nitrogens with one attached hydrogen (secondary N) is 1. The number of hydrogen-bond donors (Lipinski definition) is 2. The highest BCUT2D eigenvalue weighted by Gasteiger charge is 2.38. The van der Waals surface area contributed by atoms with Crippen LogP contribution < -0.4 is 10.8 Å². The van der Waals surface area contributed by atoms with E-state index in [0.29, 0.717) is 28.9 Å². The van der Waals surface area contributed by atoms with Gasteiger partial charge in [-0.25, -0.2) is 4.39 Å². The van der Waals surface area contributed by atoms with E-state index >= 15 is 0 Å². The van der Waals surface area contributed by atoms with E-state index < -0.39 is 0 Å². The van der Waals surface area contributed by atoms with Crippen LogP contribution in [0.25, 0.3) is 0 Å². The number of likely N-dealkylation sites (N-methyl/N-ethyl adjacent to an activating group) is 1. The van der Waals surface area contributed by atoms with Gasteiger partial charge in [0, 0.05) is 25.0 Å². The van der Waals surface area contributed by atoms with Crippen LogP contribution >= 0.6 is 0 Å². The molecule has 3 rings (SSSR count). The van der Waals surface area contributed by atoms with Gasteiger partial charge in [0.25, 0.3) is 0 Å². The molecule has 0 spiro atoms. The molecular weight excluding hydrogens is 374 g/mol. The highest BCUT2D eigenvalue weighted by atomic mass is 19.1. The van der Waals surface area contributed by atoms with Crippen LogP contribution in [0.2, 0.25) is 0 Å². The number of anilines is 1. The van der Waals surface area contributed by atoms with Gasteiger partial charge in [0.1, 0.15) is 13.7 Å². The summed E-state index contributed by atoms with van der Waals surface area (Å²) < 4.78 is 14.7. The van der Waals surface area contributed by atoms with E-state index in [0.717, 1.165) is 44.5 Å². The van der Waals surface area contributed by atoms with Gasteiger partial charge < -0.3 is 15.3 Å². The third kappa shape index (κ3) is 5.36. The number of allylic oxidation sites excluding steroid dienone is 3. The number of rotatable bonds is 9. The molecule has 0 amide bonds. The van der Waals surface area contributed by atoms with Crippen LogP contribution in [0.4, 0.5) is 10.1 Å². The van der Waals surface area contributed by atoms with Crippen LogP contribution in [0.3, 0.4) is 0 Å². The van der Waals surface area contributed by atoms with Gasteiger partial charge in [0.15, 0.2) is 0 Å². The normalized spacial score (nSPS) is 26.5. The maximum absolute atomic E-state index is 14.7. The average molecular weight is 410 g/mol. The fraction of sp³-hybridized carbons (Fsp3) is 0.600. The van der Waals surface area contributed by atoms with Gasteiger partial charge in [-0.05, 0) is 55.2 Å².